The van der Waals surface area contributed by atoms with E-state index in [-0.39, 0.29) is 0 Å². The molecule has 0 aliphatic heterocycles. The zero-order valence-corrected chi connectivity index (χ0v) is 10.4. The Balaban J connectivity index is 1.92. The summed E-state index contributed by atoms with van der Waals surface area (Å²) in [5, 5.41) is 5.26. The van der Waals surface area contributed by atoms with Crippen LogP contribution in [0.4, 0.5) is 0 Å². The monoisotopic (exact) mass is 246 g/mol. The van der Waals surface area contributed by atoms with E-state index in [1.165, 1.54) is 25.7 Å². The molecule has 2 aromatic rings. The molecule has 1 fully saturated rings. The first-order valence-electron chi connectivity index (χ1n) is 6.13. The standard InChI is InChI=1S/C14H15ClN2/c15-14-8-4-3-7-13(14)11-9-16-17(10-11)12-5-1-2-6-12/h3-4,7-10,12H,1-2,5-6H2. The molecule has 0 N–H and O–H groups in total. The quantitative estimate of drug-likeness (QED) is 0.772. The molecule has 0 unspecified atom stereocenters. The molecule has 0 amide bonds. The van der Waals surface area contributed by atoms with Crippen LogP contribution in [0, 0.1) is 0 Å². The van der Waals surface area contributed by atoms with Gasteiger partial charge in [-0.2, -0.15) is 5.10 Å². The largest absolute Gasteiger partial charge is 0.269 e. The molecular weight excluding hydrogens is 232 g/mol. The molecule has 0 bridgehead atoms. The van der Waals surface area contributed by atoms with Crippen LogP contribution >= 0.6 is 11.6 Å². The number of hydrogen-bond donors (Lipinski definition) is 0. The first-order valence-corrected chi connectivity index (χ1v) is 6.51. The molecule has 1 aliphatic carbocycles. The number of nitrogens with zero attached hydrogens (tertiary/aromatic N) is 2. The van der Waals surface area contributed by atoms with Gasteiger partial charge in [-0.3, -0.25) is 4.68 Å². The molecule has 17 heavy (non-hydrogen) atoms. The summed E-state index contributed by atoms with van der Waals surface area (Å²) < 4.78 is 2.10. The molecule has 88 valence electrons. The van der Waals surface area contributed by atoms with Crippen LogP contribution in [0.1, 0.15) is 31.7 Å². The molecule has 1 aromatic heterocycles. The normalized spacial score (nSPS) is 16.5. The van der Waals surface area contributed by atoms with Crippen LogP contribution in [0.3, 0.4) is 0 Å². The van der Waals surface area contributed by atoms with E-state index in [1.54, 1.807) is 0 Å². The van der Waals surface area contributed by atoms with E-state index >= 15 is 0 Å². The first-order chi connectivity index (χ1) is 8.34. The van der Waals surface area contributed by atoms with Crippen molar-refractivity contribution in [2.45, 2.75) is 31.7 Å². The van der Waals surface area contributed by atoms with Gasteiger partial charge in [0.2, 0.25) is 0 Å². The van der Waals surface area contributed by atoms with Crippen molar-refractivity contribution in [1.29, 1.82) is 0 Å². The van der Waals surface area contributed by atoms with E-state index in [9.17, 15) is 0 Å². The zero-order chi connectivity index (χ0) is 11.7. The summed E-state index contributed by atoms with van der Waals surface area (Å²) in [7, 11) is 0. The van der Waals surface area contributed by atoms with Gasteiger partial charge in [0.1, 0.15) is 0 Å². The van der Waals surface area contributed by atoms with Crippen molar-refractivity contribution >= 4 is 11.6 Å². The summed E-state index contributed by atoms with van der Waals surface area (Å²) in [6, 6.07) is 8.51. The van der Waals surface area contributed by atoms with Gasteiger partial charge >= 0.3 is 0 Å². The van der Waals surface area contributed by atoms with Crippen molar-refractivity contribution in [3.05, 3.63) is 41.7 Å². The Bertz CT molecular complexity index is 512. The Labute approximate surface area is 106 Å². The first kappa shape index (κ1) is 10.8. The highest BCUT2D eigenvalue weighted by Crippen LogP contribution is 2.32. The SMILES string of the molecule is Clc1ccccc1-c1cnn(C2CCCC2)c1. The Morgan fingerprint density at radius 3 is 2.71 bits per heavy atom. The molecule has 1 aliphatic rings. The zero-order valence-electron chi connectivity index (χ0n) is 9.64. The van der Waals surface area contributed by atoms with Crippen molar-refractivity contribution in [2.24, 2.45) is 0 Å². The Hall–Kier alpha value is -1.28. The second-order valence-corrected chi connectivity index (χ2v) is 5.03. The summed E-state index contributed by atoms with van der Waals surface area (Å²) in [5.74, 6) is 0. The van der Waals surface area contributed by atoms with Gasteiger partial charge in [0.15, 0.2) is 0 Å². The molecule has 1 heterocycles. The van der Waals surface area contributed by atoms with E-state index < -0.39 is 0 Å². The highest BCUT2D eigenvalue weighted by Gasteiger charge is 2.18. The molecule has 1 saturated carbocycles. The molecule has 3 heteroatoms. The molecule has 0 saturated heterocycles. The number of benzene rings is 1. The highest BCUT2D eigenvalue weighted by molar-refractivity contribution is 6.33. The van der Waals surface area contributed by atoms with Crippen molar-refractivity contribution in [2.75, 3.05) is 0 Å². The van der Waals surface area contributed by atoms with Crippen molar-refractivity contribution in [3.63, 3.8) is 0 Å². The average Bonchev–Trinajstić information content (AvgIpc) is 3.00. The number of halogens is 1. The minimum atomic E-state index is 0.589. The lowest BCUT2D eigenvalue weighted by molar-refractivity contribution is 0.467. The fourth-order valence-corrected chi connectivity index (χ4v) is 2.79. The van der Waals surface area contributed by atoms with Gasteiger partial charge in [-0.1, -0.05) is 42.6 Å². The maximum absolute atomic E-state index is 6.19. The fraction of sp³-hybridized carbons (Fsp3) is 0.357. The predicted molar refractivity (Wildman–Crippen MR) is 70.2 cm³/mol. The molecule has 1 aromatic carbocycles. The van der Waals surface area contributed by atoms with Crippen LogP contribution in [-0.4, -0.2) is 9.78 Å². The number of hydrogen-bond acceptors (Lipinski definition) is 1. The van der Waals surface area contributed by atoms with Crippen LogP contribution in [0.15, 0.2) is 36.7 Å². The lowest BCUT2D eigenvalue weighted by atomic mass is 10.1. The second kappa shape index (κ2) is 4.53. The second-order valence-electron chi connectivity index (χ2n) is 4.63. The van der Waals surface area contributed by atoms with E-state index in [1.807, 2.05) is 30.5 Å². The molecule has 0 spiro atoms. The minimum Gasteiger partial charge on any atom is -0.269 e. The summed E-state index contributed by atoms with van der Waals surface area (Å²) in [6.45, 7) is 0. The fourth-order valence-electron chi connectivity index (χ4n) is 2.54. The van der Waals surface area contributed by atoms with Crippen LogP contribution in [0.25, 0.3) is 11.1 Å². The highest BCUT2D eigenvalue weighted by atomic mass is 35.5. The van der Waals surface area contributed by atoms with E-state index in [0.717, 1.165) is 16.1 Å². The van der Waals surface area contributed by atoms with Gasteiger partial charge in [0.05, 0.1) is 12.2 Å². The summed E-state index contributed by atoms with van der Waals surface area (Å²) in [6.07, 6.45) is 9.20. The average molecular weight is 247 g/mol. The summed E-state index contributed by atoms with van der Waals surface area (Å²) in [5.41, 5.74) is 2.18. The van der Waals surface area contributed by atoms with Gasteiger partial charge in [-0.05, 0) is 18.9 Å². The summed E-state index contributed by atoms with van der Waals surface area (Å²) >= 11 is 6.19. The molecule has 2 nitrogen and oxygen atoms in total. The van der Waals surface area contributed by atoms with Crippen LogP contribution < -0.4 is 0 Å². The lowest BCUT2D eigenvalue weighted by Gasteiger charge is -2.08. The van der Waals surface area contributed by atoms with E-state index in [4.69, 9.17) is 11.6 Å². The van der Waals surface area contributed by atoms with Gasteiger partial charge < -0.3 is 0 Å². The summed E-state index contributed by atoms with van der Waals surface area (Å²) in [4.78, 5) is 0. The molecule has 3 rings (SSSR count). The van der Waals surface area contributed by atoms with E-state index in [0.29, 0.717) is 6.04 Å². The smallest absolute Gasteiger partial charge is 0.0568 e. The van der Waals surface area contributed by atoms with E-state index in [2.05, 4.69) is 16.0 Å². The molecule has 0 radical (unpaired) electrons. The Morgan fingerprint density at radius 1 is 1.18 bits per heavy atom. The number of aromatic nitrogens is 2. The topological polar surface area (TPSA) is 17.8 Å². The Kier molecular flexibility index (Phi) is 2.89. The van der Waals surface area contributed by atoms with Crippen LogP contribution in [-0.2, 0) is 0 Å². The third kappa shape index (κ3) is 2.09. The maximum Gasteiger partial charge on any atom is 0.0568 e. The van der Waals surface area contributed by atoms with Gasteiger partial charge in [-0.25, -0.2) is 0 Å². The Morgan fingerprint density at radius 2 is 1.94 bits per heavy atom. The van der Waals surface area contributed by atoms with Crippen molar-refractivity contribution < 1.29 is 0 Å². The minimum absolute atomic E-state index is 0.589. The van der Waals surface area contributed by atoms with Gasteiger partial charge in [0.25, 0.3) is 0 Å². The van der Waals surface area contributed by atoms with Gasteiger partial charge in [-0.15, -0.1) is 0 Å². The third-order valence-corrected chi connectivity index (χ3v) is 3.81. The number of rotatable bonds is 2. The molecule has 0 atom stereocenters. The van der Waals surface area contributed by atoms with Crippen LogP contribution in [0.5, 0.6) is 0 Å². The van der Waals surface area contributed by atoms with Gasteiger partial charge in [0, 0.05) is 22.3 Å². The maximum atomic E-state index is 6.19. The van der Waals surface area contributed by atoms with Crippen molar-refractivity contribution in [1.82, 2.24) is 9.78 Å². The lowest BCUT2D eigenvalue weighted by Crippen LogP contribution is -2.04. The predicted octanol–water partition coefficient (Wildman–Crippen LogP) is 4.32. The molecular formula is C14H15ClN2. The third-order valence-electron chi connectivity index (χ3n) is 3.49. The van der Waals surface area contributed by atoms with Crippen molar-refractivity contribution in [3.8, 4) is 11.1 Å². The van der Waals surface area contributed by atoms with Crippen LogP contribution in [0.2, 0.25) is 5.02 Å².